The molecule has 86 valence electrons. The van der Waals surface area contributed by atoms with Gasteiger partial charge in [-0.3, -0.25) is 10.1 Å². The lowest BCUT2D eigenvalue weighted by Gasteiger charge is -2.04. The van der Waals surface area contributed by atoms with Crippen LogP contribution in [-0.2, 0) is 10.1 Å². The Morgan fingerprint density at radius 3 is 2.69 bits per heavy atom. The van der Waals surface area contributed by atoms with E-state index < -0.39 is 22.4 Å². The molecule has 0 fully saturated rings. The monoisotopic (exact) mass is 291 g/mol. The summed E-state index contributed by atoms with van der Waals surface area (Å²) in [5.41, 5.74) is -0.705. The van der Waals surface area contributed by atoms with E-state index in [2.05, 4.69) is 20.7 Å². The second-order valence-electron chi connectivity index (χ2n) is 2.84. The Balaban J connectivity index is 3.42. The molecule has 0 saturated carbocycles. The van der Waals surface area contributed by atoms with Gasteiger partial charge in [0.2, 0.25) is 0 Å². The molecule has 0 heterocycles. The van der Waals surface area contributed by atoms with E-state index >= 15 is 0 Å². The molecule has 0 spiro atoms. The first-order valence-electron chi connectivity index (χ1n) is 4.12. The maximum absolute atomic E-state index is 13.3. The molecule has 0 aliphatic heterocycles. The highest BCUT2D eigenvalue weighted by atomic mass is 79.9. The van der Waals surface area contributed by atoms with Gasteiger partial charge < -0.3 is 4.74 Å². The van der Waals surface area contributed by atoms with Crippen LogP contribution in [0, 0.1) is 15.9 Å². The SMILES string of the molecule is COC(=O)c1cc(CBr)c(F)cc1[N+](=O)[O-]. The van der Waals surface area contributed by atoms with Crippen LogP contribution in [0.1, 0.15) is 15.9 Å². The summed E-state index contributed by atoms with van der Waals surface area (Å²) in [5.74, 6) is -1.61. The van der Waals surface area contributed by atoms with Crippen molar-refractivity contribution in [2.75, 3.05) is 7.11 Å². The third kappa shape index (κ3) is 2.35. The van der Waals surface area contributed by atoms with Gasteiger partial charge in [-0.2, -0.15) is 0 Å². The Kier molecular flexibility index (Phi) is 3.94. The molecular weight excluding hydrogens is 285 g/mol. The van der Waals surface area contributed by atoms with E-state index in [9.17, 15) is 19.3 Å². The number of ether oxygens (including phenoxy) is 1. The summed E-state index contributed by atoms with van der Waals surface area (Å²) in [4.78, 5) is 21.0. The van der Waals surface area contributed by atoms with Gasteiger partial charge in [-0.05, 0) is 11.6 Å². The van der Waals surface area contributed by atoms with Gasteiger partial charge in [0.25, 0.3) is 5.69 Å². The fraction of sp³-hybridized carbons (Fsp3) is 0.222. The third-order valence-corrected chi connectivity index (χ3v) is 2.51. The van der Waals surface area contributed by atoms with Gasteiger partial charge in [0, 0.05) is 5.33 Å². The van der Waals surface area contributed by atoms with Crippen molar-refractivity contribution >= 4 is 27.6 Å². The molecule has 7 heteroatoms. The number of nitrogens with zero attached hydrogens (tertiary/aromatic N) is 1. The van der Waals surface area contributed by atoms with Crippen molar-refractivity contribution in [2.24, 2.45) is 0 Å². The molecule has 1 rings (SSSR count). The van der Waals surface area contributed by atoms with E-state index in [1.165, 1.54) is 0 Å². The number of alkyl halides is 1. The van der Waals surface area contributed by atoms with Gasteiger partial charge in [-0.1, -0.05) is 15.9 Å². The van der Waals surface area contributed by atoms with Crippen molar-refractivity contribution in [2.45, 2.75) is 5.33 Å². The van der Waals surface area contributed by atoms with Crippen molar-refractivity contribution < 1.29 is 18.8 Å². The number of carbonyl (C=O) groups excluding carboxylic acids is 1. The minimum Gasteiger partial charge on any atom is -0.465 e. The molecule has 1 aromatic rings. The molecule has 1 aromatic carbocycles. The number of nitro benzene ring substituents is 1. The van der Waals surface area contributed by atoms with Gasteiger partial charge in [0.1, 0.15) is 11.4 Å². The van der Waals surface area contributed by atoms with Crippen LogP contribution in [0.5, 0.6) is 0 Å². The summed E-state index contributed by atoms with van der Waals surface area (Å²) >= 11 is 3.01. The van der Waals surface area contributed by atoms with Crippen LogP contribution in [0.15, 0.2) is 12.1 Å². The summed E-state index contributed by atoms with van der Waals surface area (Å²) in [5, 5.41) is 10.8. The molecule has 0 radical (unpaired) electrons. The second kappa shape index (κ2) is 5.02. The van der Waals surface area contributed by atoms with E-state index in [4.69, 9.17) is 0 Å². The lowest BCUT2D eigenvalue weighted by molar-refractivity contribution is -0.385. The minimum atomic E-state index is -0.867. The summed E-state index contributed by atoms with van der Waals surface area (Å²) in [6, 6.07) is 1.82. The zero-order valence-corrected chi connectivity index (χ0v) is 9.78. The Labute approximate surface area is 98.5 Å². The Bertz CT molecular complexity index is 449. The number of rotatable bonds is 3. The maximum atomic E-state index is 13.3. The summed E-state index contributed by atoms with van der Waals surface area (Å²) in [6.45, 7) is 0. The third-order valence-electron chi connectivity index (χ3n) is 1.91. The van der Waals surface area contributed by atoms with E-state index in [1.807, 2.05) is 0 Å². The molecule has 0 amide bonds. The van der Waals surface area contributed by atoms with Crippen LogP contribution in [0.3, 0.4) is 0 Å². The van der Waals surface area contributed by atoms with Crippen LogP contribution in [0.4, 0.5) is 10.1 Å². The molecular formula is C9H7BrFNO4. The fourth-order valence-electron chi connectivity index (χ4n) is 1.13. The van der Waals surface area contributed by atoms with Gasteiger partial charge in [0.05, 0.1) is 18.1 Å². The normalized spacial score (nSPS) is 9.94. The molecule has 0 N–H and O–H groups in total. The van der Waals surface area contributed by atoms with Crippen molar-refractivity contribution in [1.29, 1.82) is 0 Å². The van der Waals surface area contributed by atoms with Crippen LogP contribution in [0.25, 0.3) is 0 Å². The average molecular weight is 292 g/mol. The van der Waals surface area contributed by atoms with Gasteiger partial charge in [-0.25, -0.2) is 9.18 Å². The predicted octanol–water partition coefficient (Wildman–Crippen LogP) is 2.42. The van der Waals surface area contributed by atoms with Crippen molar-refractivity contribution in [3.05, 3.63) is 39.2 Å². The largest absolute Gasteiger partial charge is 0.465 e. The Morgan fingerprint density at radius 1 is 1.62 bits per heavy atom. The highest BCUT2D eigenvalue weighted by Crippen LogP contribution is 2.24. The van der Waals surface area contributed by atoms with Crippen molar-refractivity contribution in [3.63, 3.8) is 0 Å². The molecule has 5 nitrogen and oxygen atoms in total. The first-order valence-corrected chi connectivity index (χ1v) is 5.24. The van der Waals surface area contributed by atoms with Gasteiger partial charge in [0.15, 0.2) is 0 Å². The summed E-state index contributed by atoms with van der Waals surface area (Å²) in [6.07, 6.45) is 0. The Morgan fingerprint density at radius 2 is 2.25 bits per heavy atom. The van der Waals surface area contributed by atoms with Crippen LogP contribution in [-0.4, -0.2) is 18.0 Å². The molecule has 0 unspecified atom stereocenters. The van der Waals surface area contributed by atoms with E-state index in [0.717, 1.165) is 13.2 Å². The molecule has 0 aromatic heterocycles. The maximum Gasteiger partial charge on any atom is 0.344 e. The smallest absolute Gasteiger partial charge is 0.344 e. The molecule has 0 aliphatic carbocycles. The second-order valence-corrected chi connectivity index (χ2v) is 3.40. The lowest BCUT2D eigenvalue weighted by atomic mass is 10.1. The number of benzene rings is 1. The first-order chi connectivity index (χ1) is 7.51. The van der Waals surface area contributed by atoms with E-state index in [0.29, 0.717) is 6.07 Å². The number of methoxy groups -OCH3 is 1. The van der Waals surface area contributed by atoms with Crippen molar-refractivity contribution in [3.8, 4) is 0 Å². The average Bonchev–Trinajstić information content (AvgIpc) is 2.27. The van der Waals surface area contributed by atoms with Crippen LogP contribution < -0.4 is 0 Å². The number of hydrogen-bond donors (Lipinski definition) is 0. The van der Waals surface area contributed by atoms with Crippen LogP contribution in [0.2, 0.25) is 0 Å². The molecule has 16 heavy (non-hydrogen) atoms. The zero-order valence-electron chi connectivity index (χ0n) is 8.20. The minimum absolute atomic E-state index is 0.154. The number of esters is 1. The fourth-order valence-corrected chi connectivity index (χ4v) is 1.56. The molecule has 0 atom stereocenters. The molecule has 0 bridgehead atoms. The highest BCUT2D eigenvalue weighted by Gasteiger charge is 2.23. The predicted molar refractivity (Wildman–Crippen MR) is 57.0 cm³/mol. The first kappa shape index (κ1) is 12.6. The highest BCUT2D eigenvalue weighted by molar-refractivity contribution is 9.08. The Hall–Kier alpha value is -1.50. The summed E-state index contributed by atoms with van der Waals surface area (Å²) in [7, 11) is 1.10. The number of hydrogen-bond acceptors (Lipinski definition) is 4. The van der Waals surface area contributed by atoms with Gasteiger partial charge in [-0.15, -0.1) is 0 Å². The number of carbonyl (C=O) groups is 1. The quantitative estimate of drug-likeness (QED) is 0.371. The number of nitro groups is 1. The zero-order chi connectivity index (χ0) is 12.3. The molecule has 0 saturated heterocycles. The van der Waals surface area contributed by atoms with Crippen LogP contribution >= 0.6 is 15.9 Å². The standard InChI is InChI=1S/C9H7BrFNO4/c1-16-9(13)6-2-5(4-10)7(11)3-8(6)12(14)15/h2-3H,4H2,1H3. The molecule has 0 aliphatic rings. The number of halogens is 2. The lowest BCUT2D eigenvalue weighted by Crippen LogP contribution is -2.07. The van der Waals surface area contributed by atoms with Crippen molar-refractivity contribution in [1.82, 2.24) is 0 Å². The van der Waals surface area contributed by atoms with E-state index in [1.54, 1.807) is 0 Å². The summed E-state index contributed by atoms with van der Waals surface area (Å²) < 4.78 is 17.7. The van der Waals surface area contributed by atoms with Gasteiger partial charge >= 0.3 is 5.97 Å². The topological polar surface area (TPSA) is 69.4 Å². The van der Waals surface area contributed by atoms with E-state index in [-0.39, 0.29) is 16.5 Å².